The van der Waals surface area contributed by atoms with E-state index in [9.17, 15) is 18.0 Å². The average molecular weight is 496 g/mol. The number of likely N-dealkylation sites (tertiary alicyclic amines) is 1. The van der Waals surface area contributed by atoms with E-state index in [1.807, 2.05) is 6.07 Å². The van der Waals surface area contributed by atoms with Gasteiger partial charge in [-0.25, -0.2) is 4.79 Å². The molecule has 0 aliphatic carbocycles. The van der Waals surface area contributed by atoms with E-state index in [1.54, 1.807) is 32.3 Å². The number of aromatic nitrogens is 3. The van der Waals surface area contributed by atoms with E-state index in [0.717, 1.165) is 37.0 Å². The molecule has 2 amide bonds. The standard InChI is InChI=1S/C22H28F3N7OS/c1-30(2)21(33)26-12-19-28-29-20(34-19)18-11-15-16(27-14-7-9-31(3)10-8-14)5-4-6-17(15)32(18)13-22(23,24)25/h4-6,11,14,27H,7-10,12-13H2,1-3H3,(H,26,33). The molecule has 0 atom stereocenters. The number of carbonyl (C=O) groups excluding carboxylic acids is 1. The molecular formula is C22H28F3N7OS. The van der Waals surface area contributed by atoms with E-state index < -0.39 is 12.7 Å². The van der Waals surface area contributed by atoms with Gasteiger partial charge in [0.2, 0.25) is 0 Å². The number of halogens is 3. The fourth-order valence-electron chi connectivity index (χ4n) is 4.05. The Morgan fingerprint density at radius 1 is 1.24 bits per heavy atom. The lowest BCUT2D eigenvalue weighted by Gasteiger charge is -2.30. The van der Waals surface area contributed by atoms with E-state index in [2.05, 4.69) is 32.8 Å². The molecule has 3 aromatic rings. The Bertz CT molecular complexity index is 1150. The summed E-state index contributed by atoms with van der Waals surface area (Å²) in [5.74, 6) is 0. The van der Waals surface area contributed by atoms with Gasteiger partial charge in [0.25, 0.3) is 0 Å². The predicted octanol–water partition coefficient (Wildman–Crippen LogP) is 4.00. The first-order valence-corrected chi connectivity index (χ1v) is 11.8. The number of fused-ring (bicyclic) bond motifs is 1. The summed E-state index contributed by atoms with van der Waals surface area (Å²) in [4.78, 5) is 15.4. The SMILES string of the molecule is CN1CCC(Nc2cccc3c2cc(-c2nnc(CNC(=O)N(C)C)s2)n3CC(F)(F)F)CC1. The van der Waals surface area contributed by atoms with Crippen molar-refractivity contribution >= 4 is 34.0 Å². The first-order chi connectivity index (χ1) is 16.1. The second-order valence-electron chi connectivity index (χ2n) is 8.75. The van der Waals surface area contributed by atoms with Gasteiger partial charge in [-0.05, 0) is 51.2 Å². The lowest BCUT2D eigenvalue weighted by Crippen LogP contribution is -2.36. The summed E-state index contributed by atoms with van der Waals surface area (Å²) in [6.07, 6.45) is -2.45. The van der Waals surface area contributed by atoms with Gasteiger partial charge < -0.3 is 25.0 Å². The Morgan fingerprint density at radius 3 is 2.65 bits per heavy atom. The molecule has 0 unspecified atom stereocenters. The van der Waals surface area contributed by atoms with Crippen molar-refractivity contribution in [1.29, 1.82) is 0 Å². The van der Waals surface area contributed by atoms with Crippen LogP contribution in [0.2, 0.25) is 0 Å². The smallest absolute Gasteiger partial charge is 0.382 e. The topological polar surface area (TPSA) is 78.3 Å². The van der Waals surface area contributed by atoms with Crippen molar-refractivity contribution in [3.8, 4) is 10.7 Å². The van der Waals surface area contributed by atoms with Crippen LogP contribution < -0.4 is 10.6 Å². The quantitative estimate of drug-likeness (QED) is 0.541. The van der Waals surface area contributed by atoms with Crippen molar-refractivity contribution in [2.45, 2.75) is 38.1 Å². The van der Waals surface area contributed by atoms with Gasteiger partial charge in [-0.15, -0.1) is 10.2 Å². The van der Waals surface area contributed by atoms with Crippen LogP contribution >= 0.6 is 11.3 Å². The average Bonchev–Trinajstić information content (AvgIpc) is 3.38. The zero-order valence-electron chi connectivity index (χ0n) is 19.3. The molecule has 0 spiro atoms. The number of urea groups is 1. The summed E-state index contributed by atoms with van der Waals surface area (Å²) in [6, 6.07) is 7.12. The molecule has 12 heteroatoms. The van der Waals surface area contributed by atoms with Crippen LogP contribution in [-0.4, -0.2) is 77.0 Å². The molecule has 0 saturated carbocycles. The van der Waals surface area contributed by atoms with E-state index in [0.29, 0.717) is 21.2 Å². The van der Waals surface area contributed by atoms with Crippen LogP contribution in [0.3, 0.4) is 0 Å². The molecule has 3 heterocycles. The van der Waals surface area contributed by atoms with Gasteiger partial charge in [0.1, 0.15) is 11.6 Å². The first kappa shape index (κ1) is 24.3. The highest BCUT2D eigenvalue weighted by atomic mass is 32.1. The zero-order valence-corrected chi connectivity index (χ0v) is 20.1. The monoisotopic (exact) mass is 495 g/mol. The lowest BCUT2D eigenvalue weighted by molar-refractivity contribution is -0.139. The van der Waals surface area contributed by atoms with Crippen molar-refractivity contribution in [3.05, 3.63) is 29.3 Å². The number of nitrogens with zero attached hydrogens (tertiary/aromatic N) is 5. The Labute approximate surface area is 199 Å². The van der Waals surface area contributed by atoms with Crippen molar-refractivity contribution < 1.29 is 18.0 Å². The largest absolute Gasteiger partial charge is 0.406 e. The third-order valence-corrected chi connectivity index (χ3v) is 6.79. The maximum absolute atomic E-state index is 13.5. The molecule has 2 aromatic heterocycles. The minimum atomic E-state index is -4.40. The van der Waals surface area contributed by atoms with Gasteiger partial charge in [-0.2, -0.15) is 13.2 Å². The van der Waals surface area contributed by atoms with Gasteiger partial charge >= 0.3 is 12.2 Å². The van der Waals surface area contributed by atoms with Gasteiger partial charge in [0.05, 0.1) is 17.8 Å². The Kier molecular flexibility index (Phi) is 6.99. The molecule has 0 bridgehead atoms. The van der Waals surface area contributed by atoms with Crippen molar-refractivity contribution in [1.82, 2.24) is 29.9 Å². The number of nitrogens with one attached hydrogen (secondary N) is 2. The maximum atomic E-state index is 13.5. The number of benzene rings is 1. The van der Waals surface area contributed by atoms with Crippen LogP contribution in [0.4, 0.5) is 23.7 Å². The number of alkyl halides is 3. The lowest BCUT2D eigenvalue weighted by atomic mass is 10.0. The highest BCUT2D eigenvalue weighted by Crippen LogP contribution is 2.36. The van der Waals surface area contributed by atoms with Crippen molar-refractivity contribution in [3.63, 3.8) is 0 Å². The Morgan fingerprint density at radius 2 is 1.97 bits per heavy atom. The van der Waals surface area contributed by atoms with Gasteiger partial charge in [-0.3, -0.25) is 0 Å². The Balaban J connectivity index is 1.67. The fourth-order valence-corrected chi connectivity index (χ4v) is 4.85. The fraction of sp³-hybridized carbons (Fsp3) is 0.500. The molecule has 8 nitrogen and oxygen atoms in total. The minimum Gasteiger partial charge on any atom is -0.382 e. The van der Waals surface area contributed by atoms with Crippen LogP contribution in [0, 0.1) is 0 Å². The highest BCUT2D eigenvalue weighted by molar-refractivity contribution is 7.14. The number of carbonyl (C=O) groups is 1. The predicted molar refractivity (Wildman–Crippen MR) is 127 cm³/mol. The third kappa shape index (κ3) is 5.61. The summed E-state index contributed by atoms with van der Waals surface area (Å²) in [5.41, 5.74) is 1.66. The second kappa shape index (κ2) is 9.79. The van der Waals surface area contributed by atoms with E-state index in [-0.39, 0.29) is 18.6 Å². The van der Waals surface area contributed by atoms with E-state index in [1.165, 1.54) is 20.8 Å². The number of piperidine rings is 1. The molecular weight excluding hydrogens is 467 g/mol. The third-order valence-electron chi connectivity index (χ3n) is 5.84. The maximum Gasteiger partial charge on any atom is 0.406 e. The highest BCUT2D eigenvalue weighted by Gasteiger charge is 2.31. The second-order valence-corrected chi connectivity index (χ2v) is 9.81. The summed E-state index contributed by atoms with van der Waals surface area (Å²) in [7, 11) is 5.32. The summed E-state index contributed by atoms with van der Waals surface area (Å²) < 4.78 is 41.8. The van der Waals surface area contributed by atoms with Crippen LogP contribution in [-0.2, 0) is 13.1 Å². The number of amides is 2. The molecule has 2 N–H and O–H groups in total. The van der Waals surface area contributed by atoms with Crippen LogP contribution in [0.15, 0.2) is 24.3 Å². The van der Waals surface area contributed by atoms with Crippen LogP contribution in [0.5, 0.6) is 0 Å². The molecule has 4 rings (SSSR count). The van der Waals surface area contributed by atoms with Crippen molar-refractivity contribution in [2.75, 3.05) is 39.5 Å². The molecule has 1 fully saturated rings. The number of anilines is 1. The zero-order chi connectivity index (χ0) is 24.5. The normalized spacial score (nSPS) is 15.6. The molecule has 1 aliphatic rings. The van der Waals surface area contributed by atoms with Gasteiger partial charge in [0, 0.05) is 31.2 Å². The molecule has 1 aromatic carbocycles. The molecule has 1 saturated heterocycles. The minimum absolute atomic E-state index is 0.150. The van der Waals surface area contributed by atoms with E-state index in [4.69, 9.17) is 0 Å². The summed E-state index contributed by atoms with van der Waals surface area (Å²) >= 11 is 1.17. The molecule has 1 aliphatic heterocycles. The van der Waals surface area contributed by atoms with Crippen LogP contribution in [0.25, 0.3) is 21.6 Å². The first-order valence-electron chi connectivity index (χ1n) is 11.0. The molecule has 34 heavy (non-hydrogen) atoms. The number of rotatable bonds is 6. The molecule has 0 radical (unpaired) electrons. The van der Waals surface area contributed by atoms with Crippen LogP contribution in [0.1, 0.15) is 17.8 Å². The summed E-state index contributed by atoms with van der Waals surface area (Å²) in [5, 5.41) is 16.1. The Hall–Kier alpha value is -2.86. The van der Waals surface area contributed by atoms with E-state index >= 15 is 0 Å². The van der Waals surface area contributed by atoms with Gasteiger partial charge in [0.15, 0.2) is 5.01 Å². The number of hydrogen-bond donors (Lipinski definition) is 2. The summed E-state index contributed by atoms with van der Waals surface area (Å²) in [6.45, 7) is 0.977. The number of hydrogen-bond acceptors (Lipinski definition) is 6. The van der Waals surface area contributed by atoms with Gasteiger partial charge in [-0.1, -0.05) is 17.4 Å². The molecule has 184 valence electrons. The van der Waals surface area contributed by atoms with Crippen molar-refractivity contribution in [2.24, 2.45) is 0 Å².